The van der Waals surface area contributed by atoms with Crippen molar-refractivity contribution in [2.45, 2.75) is 39.7 Å². The summed E-state index contributed by atoms with van der Waals surface area (Å²) in [7, 11) is 0. The van der Waals surface area contributed by atoms with E-state index in [0.717, 1.165) is 12.8 Å². The molecule has 7 nitrogen and oxygen atoms in total. The minimum absolute atomic E-state index is 0.0744. The highest BCUT2D eigenvalue weighted by Crippen LogP contribution is 2.09. The van der Waals surface area contributed by atoms with E-state index < -0.39 is 0 Å². The Bertz CT molecular complexity index is 816. The van der Waals surface area contributed by atoms with Crippen LogP contribution in [0.4, 0.5) is 0 Å². The number of nitrogens with one attached hydrogen (secondary N) is 1. The molecular weight excluding hydrogens is 332 g/mol. The Morgan fingerprint density at radius 1 is 1.19 bits per heavy atom. The van der Waals surface area contributed by atoms with Crippen molar-refractivity contribution in [2.24, 2.45) is 0 Å². The molecule has 0 saturated carbocycles. The molecule has 0 aliphatic heterocycles. The van der Waals surface area contributed by atoms with Crippen molar-refractivity contribution in [1.29, 1.82) is 0 Å². The molecule has 2 aromatic rings. The van der Waals surface area contributed by atoms with Gasteiger partial charge in [0.2, 0.25) is 17.2 Å². The number of hydrogen-bond acceptors (Lipinski definition) is 4. The lowest BCUT2D eigenvalue weighted by Crippen LogP contribution is -2.41. The first kappa shape index (κ1) is 19.6. The van der Waals surface area contributed by atoms with E-state index >= 15 is 0 Å². The SMILES string of the molecule is CCCNC(=O)CN(CCC)C(=O)CCn1ncc(=O)c2ccccc21. The van der Waals surface area contributed by atoms with E-state index in [1.807, 2.05) is 26.0 Å². The number of aryl methyl sites for hydroxylation is 1. The highest BCUT2D eigenvalue weighted by Gasteiger charge is 2.16. The molecular formula is C19H26N4O3. The first-order valence-electron chi connectivity index (χ1n) is 9.06. The maximum Gasteiger partial charge on any atom is 0.239 e. The number of hydrogen-bond donors (Lipinski definition) is 1. The molecule has 0 bridgehead atoms. The quantitative estimate of drug-likeness (QED) is 0.737. The van der Waals surface area contributed by atoms with Gasteiger partial charge in [0.15, 0.2) is 0 Å². The zero-order valence-corrected chi connectivity index (χ0v) is 15.4. The lowest BCUT2D eigenvalue weighted by molar-refractivity contribution is -0.136. The molecule has 2 rings (SSSR count). The molecule has 0 saturated heterocycles. The second-order valence-electron chi connectivity index (χ2n) is 6.16. The summed E-state index contributed by atoms with van der Waals surface area (Å²) in [5.74, 6) is -0.233. The average molecular weight is 358 g/mol. The third-order valence-electron chi connectivity index (χ3n) is 4.05. The monoisotopic (exact) mass is 358 g/mol. The summed E-state index contributed by atoms with van der Waals surface area (Å²) in [6, 6.07) is 7.20. The van der Waals surface area contributed by atoms with Gasteiger partial charge < -0.3 is 10.2 Å². The fraction of sp³-hybridized carbons (Fsp3) is 0.474. The van der Waals surface area contributed by atoms with Gasteiger partial charge in [-0.3, -0.25) is 19.1 Å². The summed E-state index contributed by atoms with van der Waals surface area (Å²) in [5.41, 5.74) is 0.568. The van der Waals surface area contributed by atoms with E-state index in [2.05, 4.69) is 10.4 Å². The molecule has 1 N–H and O–H groups in total. The summed E-state index contributed by atoms with van der Waals surface area (Å²) in [6.45, 7) is 5.54. The molecule has 1 heterocycles. The summed E-state index contributed by atoms with van der Waals surface area (Å²) in [4.78, 5) is 37.9. The summed E-state index contributed by atoms with van der Waals surface area (Å²) >= 11 is 0. The van der Waals surface area contributed by atoms with Crippen molar-refractivity contribution in [3.63, 3.8) is 0 Å². The molecule has 7 heteroatoms. The lowest BCUT2D eigenvalue weighted by Gasteiger charge is -2.22. The minimum atomic E-state index is -0.138. The second kappa shape index (κ2) is 9.70. The molecule has 2 amide bonds. The van der Waals surface area contributed by atoms with Crippen LogP contribution in [0.25, 0.3) is 10.9 Å². The van der Waals surface area contributed by atoms with Crippen molar-refractivity contribution >= 4 is 22.7 Å². The zero-order valence-electron chi connectivity index (χ0n) is 15.4. The van der Waals surface area contributed by atoms with E-state index in [0.29, 0.717) is 30.5 Å². The van der Waals surface area contributed by atoms with Crippen molar-refractivity contribution in [3.05, 3.63) is 40.7 Å². The first-order chi connectivity index (χ1) is 12.6. The van der Waals surface area contributed by atoms with E-state index in [9.17, 15) is 14.4 Å². The molecule has 0 atom stereocenters. The Hall–Kier alpha value is -2.70. The van der Waals surface area contributed by atoms with Crippen molar-refractivity contribution < 1.29 is 9.59 Å². The number of benzene rings is 1. The van der Waals surface area contributed by atoms with Gasteiger partial charge in [-0.2, -0.15) is 5.10 Å². The molecule has 0 aliphatic rings. The third-order valence-corrected chi connectivity index (χ3v) is 4.05. The first-order valence-corrected chi connectivity index (χ1v) is 9.06. The Labute approximate surface area is 153 Å². The van der Waals surface area contributed by atoms with E-state index in [4.69, 9.17) is 0 Å². The number of carbonyl (C=O) groups excluding carboxylic acids is 2. The Morgan fingerprint density at radius 3 is 2.69 bits per heavy atom. The summed E-state index contributed by atoms with van der Waals surface area (Å²) in [5, 5.41) is 7.52. The number of amides is 2. The molecule has 1 aromatic carbocycles. The van der Waals surface area contributed by atoms with Crippen LogP contribution in [0.2, 0.25) is 0 Å². The molecule has 0 aliphatic carbocycles. The summed E-state index contributed by atoms with van der Waals surface area (Å²) < 4.78 is 1.66. The van der Waals surface area contributed by atoms with E-state index in [1.165, 1.54) is 6.20 Å². The predicted molar refractivity (Wildman–Crippen MR) is 101 cm³/mol. The van der Waals surface area contributed by atoms with E-state index in [-0.39, 0.29) is 30.2 Å². The van der Waals surface area contributed by atoms with E-state index in [1.54, 1.807) is 21.7 Å². The Kier molecular flexibility index (Phi) is 7.32. The molecule has 0 unspecified atom stereocenters. The molecule has 0 fully saturated rings. The van der Waals surface area contributed by atoms with Gasteiger partial charge in [-0.05, 0) is 25.0 Å². The number of carbonyl (C=O) groups is 2. The lowest BCUT2D eigenvalue weighted by atomic mass is 10.2. The van der Waals surface area contributed by atoms with Crippen LogP contribution in [0.1, 0.15) is 33.1 Å². The zero-order chi connectivity index (χ0) is 18.9. The third kappa shape index (κ3) is 5.15. The van der Waals surface area contributed by atoms with Crippen LogP contribution in [-0.2, 0) is 16.1 Å². The fourth-order valence-electron chi connectivity index (χ4n) is 2.75. The van der Waals surface area contributed by atoms with Crippen LogP contribution in [0, 0.1) is 0 Å². The number of rotatable bonds is 9. The van der Waals surface area contributed by atoms with Gasteiger partial charge in [-0.25, -0.2) is 0 Å². The molecule has 0 spiro atoms. The molecule has 1 aromatic heterocycles. The van der Waals surface area contributed by atoms with Crippen molar-refractivity contribution in [3.8, 4) is 0 Å². The Morgan fingerprint density at radius 2 is 1.96 bits per heavy atom. The minimum Gasteiger partial charge on any atom is -0.355 e. The van der Waals surface area contributed by atoms with Gasteiger partial charge in [-0.15, -0.1) is 0 Å². The van der Waals surface area contributed by atoms with Gasteiger partial charge in [0.1, 0.15) is 0 Å². The van der Waals surface area contributed by atoms with Gasteiger partial charge in [0.25, 0.3) is 0 Å². The molecule has 0 radical (unpaired) electrons. The number of para-hydroxylation sites is 1. The van der Waals surface area contributed by atoms with Crippen LogP contribution >= 0.6 is 0 Å². The van der Waals surface area contributed by atoms with Crippen LogP contribution < -0.4 is 10.7 Å². The Balaban J connectivity index is 2.05. The highest BCUT2D eigenvalue weighted by atomic mass is 16.2. The highest BCUT2D eigenvalue weighted by molar-refractivity contribution is 5.85. The van der Waals surface area contributed by atoms with Gasteiger partial charge in [-0.1, -0.05) is 26.0 Å². The van der Waals surface area contributed by atoms with Crippen molar-refractivity contribution in [2.75, 3.05) is 19.6 Å². The van der Waals surface area contributed by atoms with Crippen LogP contribution in [0.5, 0.6) is 0 Å². The van der Waals surface area contributed by atoms with Crippen molar-refractivity contribution in [1.82, 2.24) is 20.0 Å². The predicted octanol–water partition coefficient (Wildman–Crippen LogP) is 1.55. The number of aromatic nitrogens is 2. The topological polar surface area (TPSA) is 84.3 Å². The summed E-state index contributed by atoms with van der Waals surface area (Å²) in [6.07, 6.45) is 3.14. The van der Waals surface area contributed by atoms with Gasteiger partial charge in [0, 0.05) is 24.9 Å². The van der Waals surface area contributed by atoms with Crippen LogP contribution in [0.3, 0.4) is 0 Å². The normalized spacial score (nSPS) is 10.7. The standard InChI is InChI=1S/C19H26N4O3/c1-3-10-20-18(25)14-22(11-4-2)19(26)9-12-23-16-8-6-5-7-15(16)17(24)13-21-23/h5-8,13H,3-4,9-12,14H2,1-2H3,(H,20,25). The van der Waals surface area contributed by atoms with Crippen LogP contribution in [-0.4, -0.2) is 46.1 Å². The largest absolute Gasteiger partial charge is 0.355 e. The maximum absolute atomic E-state index is 12.6. The maximum atomic E-state index is 12.6. The molecule has 140 valence electrons. The van der Waals surface area contributed by atoms with Gasteiger partial charge >= 0.3 is 0 Å². The smallest absolute Gasteiger partial charge is 0.239 e. The number of nitrogens with zero attached hydrogens (tertiary/aromatic N) is 3. The number of fused-ring (bicyclic) bond motifs is 1. The average Bonchev–Trinajstić information content (AvgIpc) is 2.65. The van der Waals surface area contributed by atoms with Gasteiger partial charge in [0.05, 0.1) is 24.8 Å². The fourth-order valence-corrected chi connectivity index (χ4v) is 2.75. The van der Waals surface area contributed by atoms with Crippen LogP contribution in [0.15, 0.2) is 35.3 Å². The molecule has 26 heavy (non-hydrogen) atoms. The second-order valence-corrected chi connectivity index (χ2v) is 6.16.